The van der Waals surface area contributed by atoms with Crippen LogP contribution in [-0.2, 0) is 35.2 Å². The van der Waals surface area contributed by atoms with E-state index in [2.05, 4.69) is 0 Å². The van der Waals surface area contributed by atoms with Crippen molar-refractivity contribution in [2.24, 2.45) is 5.92 Å². The Kier molecular flexibility index (Phi) is 6.52. The number of likely N-dealkylation sites (N-methyl/N-ethyl adjacent to an activating group) is 1. The van der Waals surface area contributed by atoms with Crippen LogP contribution in [0.5, 0.6) is 0 Å². The van der Waals surface area contributed by atoms with Gasteiger partial charge in [-0.2, -0.15) is 0 Å². The molecule has 1 heterocycles. The molecule has 26 heavy (non-hydrogen) atoms. The Labute approximate surface area is 154 Å². The number of aldehydes is 1. The molecule has 1 aliphatic rings. The fourth-order valence-corrected chi connectivity index (χ4v) is 2.91. The summed E-state index contributed by atoms with van der Waals surface area (Å²) in [6.45, 7) is 5.44. The molecule has 1 aromatic rings. The zero-order chi connectivity index (χ0) is 19.4. The molecular formula is C19H27NO6. The number of hydroxylamine groups is 2. The first-order chi connectivity index (χ1) is 12.2. The molecule has 0 N–H and O–H groups in total. The van der Waals surface area contributed by atoms with Crippen molar-refractivity contribution in [1.29, 1.82) is 0 Å². The van der Waals surface area contributed by atoms with Gasteiger partial charge in [0.2, 0.25) is 0 Å². The number of amides is 1. The molecule has 0 saturated carbocycles. The highest BCUT2D eigenvalue weighted by molar-refractivity contribution is 5.85. The van der Waals surface area contributed by atoms with Crippen LogP contribution in [-0.4, -0.2) is 55.5 Å². The molecule has 0 unspecified atom stereocenters. The molecule has 1 amide bonds. The SMILES string of the molecule is CON(C)C(=O)[C@@](C)(OCc1ccccc1)[C@H]1OC(C)(C)OC[C@@H]1C=O. The quantitative estimate of drug-likeness (QED) is 0.543. The van der Waals surface area contributed by atoms with Crippen molar-refractivity contribution < 1.29 is 28.6 Å². The van der Waals surface area contributed by atoms with E-state index in [0.717, 1.165) is 16.9 Å². The average Bonchev–Trinajstić information content (AvgIpc) is 2.65. The van der Waals surface area contributed by atoms with Crippen molar-refractivity contribution in [3.05, 3.63) is 35.9 Å². The first kappa shape index (κ1) is 20.5. The van der Waals surface area contributed by atoms with Crippen molar-refractivity contribution in [3.63, 3.8) is 0 Å². The molecule has 0 bridgehead atoms. The molecule has 7 heteroatoms. The Morgan fingerprint density at radius 1 is 1.38 bits per heavy atom. The van der Waals surface area contributed by atoms with Crippen LogP contribution in [0.3, 0.4) is 0 Å². The van der Waals surface area contributed by atoms with Crippen molar-refractivity contribution in [2.75, 3.05) is 20.8 Å². The van der Waals surface area contributed by atoms with Crippen LogP contribution < -0.4 is 0 Å². The smallest absolute Gasteiger partial charge is 0.280 e. The Balaban J connectivity index is 2.34. The molecule has 0 spiro atoms. The molecule has 144 valence electrons. The normalized spacial score (nSPS) is 24.5. The van der Waals surface area contributed by atoms with Gasteiger partial charge in [0.15, 0.2) is 11.4 Å². The van der Waals surface area contributed by atoms with Crippen molar-refractivity contribution in [2.45, 2.75) is 44.9 Å². The first-order valence-corrected chi connectivity index (χ1v) is 8.50. The van der Waals surface area contributed by atoms with Crippen LogP contribution in [0.4, 0.5) is 0 Å². The van der Waals surface area contributed by atoms with Crippen LogP contribution >= 0.6 is 0 Å². The minimum absolute atomic E-state index is 0.148. The Hall–Kier alpha value is -1.80. The molecule has 0 radical (unpaired) electrons. The van der Waals surface area contributed by atoms with Gasteiger partial charge in [-0.3, -0.25) is 9.63 Å². The summed E-state index contributed by atoms with van der Waals surface area (Å²) in [4.78, 5) is 29.7. The van der Waals surface area contributed by atoms with Gasteiger partial charge >= 0.3 is 0 Å². The minimum atomic E-state index is -1.44. The van der Waals surface area contributed by atoms with E-state index in [1.54, 1.807) is 20.8 Å². The molecule has 0 aliphatic carbocycles. The zero-order valence-corrected chi connectivity index (χ0v) is 15.9. The minimum Gasteiger partial charge on any atom is -0.358 e. The highest BCUT2D eigenvalue weighted by Crippen LogP contribution is 2.35. The summed E-state index contributed by atoms with van der Waals surface area (Å²) in [5.74, 6) is -2.02. The Bertz CT molecular complexity index is 620. The molecule has 3 atom stereocenters. The number of hydrogen-bond donors (Lipinski definition) is 0. The molecule has 1 aliphatic heterocycles. The van der Waals surface area contributed by atoms with E-state index in [0.29, 0.717) is 0 Å². The van der Waals surface area contributed by atoms with Gasteiger partial charge < -0.3 is 19.0 Å². The van der Waals surface area contributed by atoms with Gasteiger partial charge in [-0.15, -0.1) is 0 Å². The number of hydrogen-bond acceptors (Lipinski definition) is 6. The second-order valence-electron chi connectivity index (χ2n) is 6.92. The van der Waals surface area contributed by atoms with E-state index >= 15 is 0 Å². The van der Waals surface area contributed by atoms with Gasteiger partial charge in [0.1, 0.15) is 12.4 Å². The fraction of sp³-hybridized carbons (Fsp3) is 0.579. The van der Waals surface area contributed by atoms with Crippen molar-refractivity contribution >= 4 is 12.2 Å². The monoisotopic (exact) mass is 365 g/mol. The molecule has 1 aromatic carbocycles. The lowest BCUT2D eigenvalue weighted by molar-refractivity contribution is -0.320. The lowest BCUT2D eigenvalue weighted by atomic mass is 9.86. The molecule has 2 rings (SSSR count). The summed E-state index contributed by atoms with van der Waals surface area (Å²) in [6.07, 6.45) is -0.0815. The van der Waals surface area contributed by atoms with Crippen LogP contribution in [0.2, 0.25) is 0 Å². The number of carbonyl (C=O) groups is 2. The molecular weight excluding hydrogens is 338 g/mol. The number of ether oxygens (including phenoxy) is 3. The van der Waals surface area contributed by atoms with E-state index in [9.17, 15) is 9.59 Å². The number of nitrogens with zero attached hydrogens (tertiary/aromatic N) is 1. The third kappa shape index (κ3) is 4.48. The van der Waals surface area contributed by atoms with Crippen molar-refractivity contribution in [1.82, 2.24) is 5.06 Å². The van der Waals surface area contributed by atoms with Crippen LogP contribution in [0.25, 0.3) is 0 Å². The summed E-state index contributed by atoms with van der Waals surface area (Å²) in [6, 6.07) is 9.48. The Morgan fingerprint density at radius 2 is 2.04 bits per heavy atom. The molecule has 0 aromatic heterocycles. The van der Waals surface area contributed by atoms with Gasteiger partial charge in [-0.05, 0) is 26.3 Å². The summed E-state index contributed by atoms with van der Waals surface area (Å²) < 4.78 is 17.6. The first-order valence-electron chi connectivity index (χ1n) is 8.50. The van der Waals surface area contributed by atoms with E-state index < -0.39 is 29.3 Å². The lowest BCUT2D eigenvalue weighted by Gasteiger charge is -2.46. The number of rotatable bonds is 7. The molecule has 7 nitrogen and oxygen atoms in total. The predicted molar refractivity (Wildman–Crippen MR) is 93.9 cm³/mol. The van der Waals surface area contributed by atoms with Gasteiger partial charge in [0, 0.05) is 7.05 Å². The zero-order valence-electron chi connectivity index (χ0n) is 15.9. The van der Waals surface area contributed by atoms with Crippen LogP contribution in [0, 0.1) is 5.92 Å². The standard InChI is InChI=1S/C19H27NO6/c1-18(2)24-13-15(11-21)16(26-18)19(3,17(22)20(4)23-5)25-12-14-9-7-6-8-10-14/h6-11,15-16H,12-13H2,1-5H3/t15-,16-,19-/m0/s1. The van der Waals surface area contributed by atoms with Gasteiger partial charge in [-0.1, -0.05) is 30.3 Å². The summed E-state index contributed by atoms with van der Waals surface area (Å²) in [7, 11) is 2.88. The Morgan fingerprint density at radius 3 is 2.62 bits per heavy atom. The van der Waals surface area contributed by atoms with Gasteiger partial charge in [0.05, 0.1) is 26.2 Å². The predicted octanol–water partition coefficient (Wildman–Crippen LogP) is 1.95. The highest BCUT2D eigenvalue weighted by Gasteiger charge is 2.53. The van der Waals surface area contributed by atoms with E-state index in [4.69, 9.17) is 19.0 Å². The van der Waals surface area contributed by atoms with Crippen molar-refractivity contribution in [3.8, 4) is 0 Å². The molecule has 1 saturated heterocycles. The summed E-state index contributed by atoms with van der Waals surface area (Å²) in [5.41, 5.74) is -0.534. The maximum Gasteiger partial charge on any atom is 0.280 e. The summed E-state index contributed by atoms with van der Waals surface area (Å²) in [5, 5.41) is 1.08. The van der Waals surface area contributed by atoms with E-state index in [1.165, 1.54) is 14.2 Å². The maximum atomic E-state index is 13.0. The lowest BCUT2D eigenvalue weighted by Crippen LogP contribution is -2.63. The fourth-order valence-electron chi connectivity index (χ4n) is 2.91. The summed E-state index contributed by atoms with van der Waals surface area (Å²) >= 11 is 0. The third-order valence-corrected chi connectivity index (χ3v) is 4.51. The van der Waals surface area contributed by atoms with Crippen LogP contribution in [0.1, 0.15) is 26.3 Å². The number of benzene rings is 1. The maximum absolute atomic E-state index is 13.0. The van der Waals surface area contributed by atoms with E-state index in [-0.39, 0.29) is 13.2 Å². The second kappa shape index (κ2) is 8.26. The topological polar surface area (TPSA) is 74.3 Å². The second-order valence-corrected chi connectivity index (χ2v) is 6.92. The van der Waals surface area contributed by atoms with Gasteiger partial charge in [0.25, 0.3) is 5.91 Å². The highest BCUT2D eigenvalue weighted by atomic mass is 16.7. The van der Waals surface area contributed by atoms with Crippen LogP contribution in [0.15, 0.2) is 30.3 Å². The average molecular weight is 365 g/mol. The van der Waals surface area contributed by atoms with Gasteiger partial charge in [-0.25, -0.2) is 5.06 Å². The largest absolute Gasteiger partial charge is 0.358 e. The van der Waals surface area contributed by atoms with E-state index in [1.807, 2.05) is 30.3 Å². The third-order valence-electron chi connectivity index (χ3n) is 4.51. The molecule has 1 fully saturated rings. The number of carbonyl (C=O) groups excluding carboxylic acids is 2.